The fourth-order valence-electron chi connectivity index (χ4n) is 0.862. The number of hydrogen-bond acceptors (Lipinski definition) is 4. The van der Waals surface area contributed by atoms with Crippen molar-refractivity contribution in [2.45, 2.75) is 0 Å². The lowest BCUT2D eigenvalue weighted by atomic mass is 10.2. The van der Waals surface area contributed by atoms with E-state index < -0.39 is 34.8 Å². The molecule has 0 saturated heterocycles. The normalized spacial score (nSPS) is 9.56. The predicted octanol–water partition coefficient (Wildman–Crippen LogP) is 2.13. The maximum absolute atomic E-state index is 12.2. The first-order valence-electron chi connectivity index (χ1n) is 4.40. The quantitative estimate of drug-likeness (QED) is 0.433. The van der Waals surface area contributed by atoms with Gasteiger partial charge in [0.15, 0.2) is 11.5 Å². The fourth-order valence-corrected chi connectivity index (χ4v) is 0.862. The second-order valence-electron chi connectivity index (χ2n) is 2.85. The number of halogens is 4. The molecule has 4 nitrogen and oxygen atoms in total. The Balaban J connectivity index is 0.000000225. The molecule has 0 aliphatic heterocycles. The van der Waals surface area contributed by atoms with Crippen molar-refractivity contribution in [2.24, 2.45) is 0 Å². The number of benzene rings is 1. The monoisotopic (exact) mass is 262 g/mol. The van der Waals surface area contributed by atoms with Crippen molar-refractivity contribution in [3.05, 3.63) is 48.1 Å². The van der Waals surface area contributed by atoms with Gasteiger partial charge in [-0.15, -0.1) is 0 Å². The van der Waals surface area contributed by atoms with Gasteiger partial charge in [-0.25, -0.2) is 0 Å². The summed E-state index contributed by atoms with van der Waals surface area (Å²) in [6.45, 7) is 0. The summed E-state index contributed by atoms with van der Waals surface area (Å²) in [6.07, 6.45) is 6.56. The summed E-state index contributed by atoms with van der Waals surface area (Å²) in [5.41, 5.74) is 0. The molecule has 0 atom stereocenters. The van der Waals surface area contributed by atoms with E-state index >= 15 is 0 Å². The average molecular weight is 262 g/mol. The third-order valence-electron chi connectivity index (χ3n) is 1.69. The standard InChI is InChI=1S/C6H2F4O2.C4H4N2/c7-1-2(8)6(12)4(10)3(9)5(1)11;1-2-6-4-3-5-1/h11-12H;1-4H. The van der Waals surface area contributed by atoms with Crippen molar-refractivity contribution in [3.63, 3.8) is 0 Å². The average Bonchev–Trinajstić information content (AvgIpc) is 2.43. The fraction of sp³-hybridized carbons (Fsp3) is 0. The van der Waals surface area contributed by atoms with Crippen LogP contribution in [-0.2, 0) is 0 Å². The Bertz CT molecular complexity index is 405. The van der Waals surface area contributed by atoms with Crippen molar-refractivity contribution in [1.29, 1.82) is 0 Å². The maximum Gasteiger partial charge on any atom is 0.207 e. The van der Waals surface area contributed by atoms with E-state index in [1.165, 1.54) is 0 Å². The summed E-state index contributed by atoms with van der Waals surface area (Å²) >= 11 is 0. The minimum absolute atomic E-state index is 1.64. The van der Waals surface area contributed by atoms with E-state index in [0.29, 0.717) is 0 Å². The van der Waals surface area contributed by atoms with Crippen LogP contribution in [0.1, 0.15) is 0 Å². The lowest BCUT2D eigenvalue weighted by Crippen LogP contribution is -1.94. The number of rotatable bonds is 0. The van der Waals surface area contributed by atoms with Crippen molar-refractivity contribution in [3.8, 4) is 11.5 Å². The molecule has 0 unspecified atom stereocenters. The van der Waals surface area contributed by atoms with Gasteiger partial charge in [-0.1, -0.05) is 0 Å². The summed E-state index contributed by atoms with van der Waals surface area (Å²) in [5, 5.41) is 16.7. The zero-order chi connectivity index (χ0) is 13.7. The van der Waals surface area contributed by atoms with Crippen molar-refractivity contribution < 1.29 is 27.8 Å². The van der Waals surface area contributed by atoms with Crippen LogP contribution in [0, 0.1) is 23.3 Å². The molecule has 0 fully saturated rings. The number of nitrogens with zero attached hydrogens (tertiary/aromatic N) is 2. The Labute approximate surface area is 98.2 Å². The number of hydrogen-bond donors (Lipinski definition) is 2. The molecule has 0 spiro atoms. The Morgan fingerprint density at radius 3 is 1.00 bits per heavy atom. The van der Waals surface area contributed by atoms with Crippen molar-refractivity contribution in [2.75, 3.05) is 0 Å². The Kier molecular flexibility index (Phi) is 4.41. The highest BCUT2D eigenvalue weighted by atomic mass is 19.2. The smallest absolute Gasteiger partial charge is 0.207 e. The molecule has 0 saturated carbocycles. The molecular weight excluding hydrogens is 256 g/mol. The van der Waals surface area contributed by atoms with Gasteiger partial charge in [0.05, 0.1) is 0 Å². The van der Waals surface area contributed by atoms with E-state index in [-0.39, 0.29) is 0 Å². The molecule has 0 aliphatic rings. The van der Waals surface area contributed by atoms with Crippen LogP contribution in [0.4, 0.5) is 17.6 Å². The van der Waals surface area contributed by atoms with Crippen LogP contribution in [0.25, 0.3) is 0 Å². The van der Waals surface area contributed by atoms with Gasteiger partial charge < -0.3 is 10.2 Å². The minimum atomic E-state index is -2.02. The number of phenols is 2. The highest BCUT2D eigenvalue weighted by molar-refractivity contribution is 5.36. The third-order valence-corrected chi connectivity index (χ3v) is 1.69. The zero-order valence-electron chi connectivity index (χ0n) is 8.61. The van der Waals surface area contributed by atoms with E-state index in [9.17, 15) is 17.6 Å². The van der Waals surface area contributed by atoms with Gasteiger partial charge in [-0.3, -0.25) is 9.97 Å². The molecule has 0 bridgehead atoms. The summed E-state index contributed by atoms with van der Waals surface area (Å²) in [6, 6.07) is 0. The predicted molar refractivity (Wildman–Crippen MR) is 51.6 cm³/mol. The maximum atomic E-state index is 12.2. The Hall–Kier alpha value is -2.38. The molecular formula is C10H6F4N2O2. The van der Waals surface area contributed by atoms with Crippen LogP contribution in [0.15, 0.2) is 24.8 Å². The number of aromatic hydroxyl groups is 2. The lowest BCUT2D eigenvalue weighted by Gasteiger charge is -2.02. The number of aromatic nitrogens is 2. The molecule has 96 valence electrons. The van der Waals surface area contributed by atoms with E-state index in [2.05, 4.69) is 9.97 Å². The number of phenolic OH excluding ortho intramolecular Hbond substituents is 2. The summed E-state index contributed by atoms with van der Waals surface area (Å²) in [5.74, 6) is -11.7. The lowest BCUT2D eigenvalue weighted by molar-refractivity contribution is 0.319. The molecule has 1 aromatic carbocycles. The Morgan fingerprint density at radius 2 is 0.833 bits per heavy atom. The van der Waals surface area contributed by atoms with E-state index in [1.807, 2.05) is 0 Å². The molecule has 1 aromatic heterocycles. The van der Waals surface area contributed by atoms with Crippen molar-refractivity contribution >= 4 is 0 Å². The zero-order valence-corrected chi connectivity index (χ0v) is 8.61. The first-order chi connectivity index (χ1) is 8.46. The first-order valence-corrected chi connectivity index (χ1v) is 4.40. The van der Waals surface area contributed by atoms with Crippen LogP contribution in [0.2, 0.25) is 0 Å². The van der Waals surface area contributed by atoms with Gasteiger partial charge >= 0.3 is 0 Å². The van der Waals surface area contributed by atoms with Crippen molar-refractivity contribution in [1.82, 2.24) is 9.97 Å². The largest absolute Gasteiger partial charge is 0.503 e. The summed E-state index contributed by atoms with van der Waals surface area (Å²) < 4.78 is 49.0. The SMILES string of the molecule is Oc1c(F)c(F)c(O)c(F)c1F.c1cnccn1. The van der Waals surface area contributed by atoms with Gasteiger partial charge in [0.25, 0.3) is 0 Å². The van der Waals surface area contributed by atoms with Crippen LogP contribution >= 0.6 is 0 Å². The van der Waals surface area contributed by atoms with E-state index in [4.69, 9.17) is 10.2 Å². The van der Waals surface area contributed by atoms with Crippen LogP contribution in [0.3, 0.4) is 0 Å². The van der Waals surface area contributed by atoms with Crippen LogP contribution in [0.5, 0.6) is 11.5 Å². The van der Waals surface area contributed by atoms with E-state index in [0.717, 1.165) is 0 Å². The molecule has 0 amide bonds. The molecule has 0 aliphatic carbocycles. The van der Waals surface area contributed by atoms with E-state index in [1.54, 1.807) is 24.8 Å². The highest BCUT2D eigenvalue weighted by Crippen LogP contribution is 2.32. The molecule has 2 rings (SSSR count). The van der Waals surface area contributed by atoms with Gasteiger partial charge in [-0.2, -0.15) is 17.6 Å². The second-order valence-corrected chi connectivity index (χ2v) is 2.85. The first kappa shape index (κ1) is 13.7. The molecule has 0 radical (unpaired) electrons. The molecule has 18 heavy (non-hydrogen) atoms. The molecule has 2 N–H and O–H groups in total. The third kappa shape index (κ3) is 2.84. The molecule has 8 heteroatoms. The van der Waals surface area contributed by atoms with Gasteiger partial charge in [0.1, 0.15) is 0 Å². The summed E-state index contributed by atoms with van der Waals surface area (Å²) in [4.78, 5) is 7.44. The van der Waals surface area contributed by atoms with Crippen LogP contribution < -0.4 is 0 Å². The topological polar surface area (TPSA) is 66.2 Å². The minimum Gasteiger partial charge on any atom is -0.503 e. The summed E-state index contributed by atoms with van der Waals surface area (Å²) in [7, 11) is 0. The van der Waals surface area contributed by atoms with Gasteiger partial charge in [0, 0.05) is 24.8 Å². The second kappa shape index (κ2) is 5.80. The van der Waals surface area contributed by atoms with Gasteiger partial charge in [-0.05, 0) is 0 Å². The highest BCUT2D eigenvalue weighted by Gasteiger charge is 2.24. The Morgan fingerprint density at radius 1 is 0.611 bits per heavy atom. The van der Waals surface area contributed by atoms with Gasteiger partial charge in [0.2, 0.25) is 23.3 Å². The molecule has 1 heterocycles. The molecule has 2 aromatic rings. The van der Waals surface area contributed by atoms with Crippen LogP contribution in [-0.4, -0.2) is 20.2 Å².